The van der Waals surface area contributed by atoms with Crippen LogP contribution in [-0.2, 0) is 9.53 Å². The summed E-state index contributed by atoms with van der Waals surface area (Å²) >= 11 is 12.5. The largest absolute Gasteiger partial charge is 0.466 e. The Labute approximate surface area is 141 Å². The van der Waals surface area contributed by atoms with Gasteiger partial charge >= 0.3 is 5.97 Å². The Morgan fingerprint density at radius 3 is 2.45 bits per heavy atom. The molecule has 0 heterocycles. The molecule has 4 heteroatoms. The van der Waals surface area contributed by atoms with Crippen molar-refractivity contribution in [2.45, 2.75) is 25.1 Å². The average Bonchev–Trinajstić information content (AvgIpc) is 2.53. The van der Waals surface area contributed by atoms with Crippen molar-refractivity contribution in [3.63, 3.8) is 0 Å². The first-order valence-corrected chi connectivity index (χ1v) is 8.07. The van der Waals surface area contributed by atoms with Crippen molar-refractivity contribution in [2.75, 3.05) is 6.61 Å². The summed E-state index contributed by atoms with van der Waals surface area (Å²) in [6, 6.07) is 15.7. The molecule has 2 nitrogen and oxygen atoms in total. The monoisotopic (exact) mass is 336 g/mol. The van der Waals surface area contributed by atoms with Crippen LogP contribution in [0.1, 0.15) is 30.7 Å². The van der Waals surface area contributed by atoms with E-state index >= 15 is 0 Å². The summed E-state index contributed by atoms with van der Waals surface area (Å²) < 4.78 is 4.91. The third kappa shape index (κ3) is 4.49. The quantitative estimate of drug-likeness (QED) is 0.504. The lowest BCUT2D eigenvalue weighted by molar-refractivity contribution is -0.143. The topological polar surface area (TPSA) is 26.3 Å². The van der Waals surface area contributed by atoms with Gasteiger partial charge in [0.15, 0.2) is 0 Å². The second-order valence-electron chi connectivity index (χ2n) is 4.91. The molecule has 0 fully saturated rings. The minimum Gasteiger partial charge on any atom is -0.466 e. The molecule has 0 aliphatic rings. The van der Waals surface area contributed by atoms with E-state index in [1.165, 1.54) is 0 Å². The van der Waals surface area contributed by atoms with Crippen molar-refractivity contribution in [1.82, 2.24) is 0 Å². The summed E-state index contributed by atoms with van der Waals surface area (Å²) in [5, 5.41) is 0.518. The van der Waals surface area contributed by atoms with Crippen LogP contribution in [0.3, 0.4) is 0 Å². The van der Waals surface area contributed by atoms with Gasteiger partial charge in [-0.25, -0.2) is 0 Å². The van der Waals surface area contributed by atoms with E-state index in [9.17, 15) is 4.79 Å². The van der Waals surface area contributed by atoms with Gasteiger partial charge in [-0.3, -0.25) is 4.79 Å². The minimum atomic E-state index is -0.208. The Morgan fingerprint density at radius 1 is 1.14 bits per heavy atom. The summed E-state index contributed by atoms with van der Waals surface area (Å²) in [6.45, 7) is 2.20. The van der Waals surface area contributed by atoms with E-state index in [-0.39, 0.29) is 11.3 Å². The lowest BCUT2D eigenvalue weighted by Gasteiger charge is -2.11. The first-order valence-electron chi connectivity index (χ1n) is 7.26. The van der Waals surface area contributed by atoms with E-state index in [0.717, 1.165) is 21.7 Å². The normalized spacial score (nSPS) is 12.0. The molecule has 1 atom stereocenters. The van der Waals surface area contributed by atoms with Gasteiger partial charge in [-0.1, -0.05) is 54.1 Å². The molecule has 0 N–H and O–H groups in total. The number of hydrogen-bond donors (Lipinski definition) is 0. The van der Waals surface area contributed by atoms with E-state index in [1.54, 1.807) is 6.92 Å². The average molecular weight is 337 g/mol. The number of carbonyl (C=O) groups excluding carboxylic acids is 1. The Bertz CT molecular complexity index is 623. The van der Waals surface area contributed by atoms with E-state index in [4.69, 9.17) is 27.9 Å². The number of alkyl halides is 1. The van der Waals surface area contributed by atoms with Crippen molar-refractivity contribution in [1.29, 1.82) is 0 Å². The van der Waals surface area contributed by atoms with Crippen molar-refractivity contribution in [3.8, 4) is 11.1 Å². The SMILES string of the molecule is CCOC(=O)CCC(Cl)c1ccc(-c2ccccc2Cl)cc1. The Kier molecular flexibility index (Phi) is 6.29. The van der Waals surface area contributed by atoms with Crippen LogP contribution in [0.4, 0.5) is 0 Å². The molecule has 0 saturated heterocycles. The maximum Gasteiger partial charge on any atom is 0.305 e. The summed E-state index contributed by atoms with van der Waals surface area (Å²) in [6.07, 6.45) is 0.889. The van der Waals surface area contributed by atoms with Crippen LogP contribution in [0.15, 0.2) is 48.5 Å². The fourth-order valence-electron chi connectivity index (χ4n) is 2.21. The van der Waals surface area contributed by atoms with E-state index in [0.29, 0.717) is 19.4 Å². The standard InChI is InChI=1S/C18H18Cl2O2/c1-2-22-18(21)12-11-16(19)14-9-7-13(8-10-14)15-5-3-4-6-17(15)20/h3-10,16H,2,11-12H2,1H3. The molecule has 2 aromatic carbocycles. The van der Waals surface area contributed by atoms with Gasteiger partial charge < -0.3 is 4.74 Å². The Morgan fingerprint density at radius 2 is 1.82 bits per heavy atom. The fourth-order valence-corrected chi connectivity index (χ4v) is 2.71. The van der Waals surface area contributed by atoms with E-state index in [1.807, 2.05) is 48.5 Å². The summed E-state index contributed by atoms with van der Waals surface area (Å²) in [5.74, 6) is -0.208. The van der Waals surface area contributed by atoms with Crippen LogP contribution < -0.4 is 0 Å². The van der Waals surface area contributed by atoms with Gasteiger partial charge in [-0.05, 0) is 30.5 Å². The lowest BCUT2D eigenvalue weighted by Crippen LogP contribution is -2.05. The zero-order valence-corrected chi connectivity index (χ0v) is 13.9. The Hall–Kier alpha value is -1.51. The van der Waals surface area contributed by atoms with Crippen molar-refractivity contribution >= 4 is 29.2 Å². The molecular formula is C18H18Cl2O2. The molecule has 22 heavy (non-hydrogen) atoms. The molecule has 0 bridgehead atoms. The van der Waals surface area contributed by atoms with Gasteiger partial charge in [0.05, 0.1) is 12.0 Å². The highest BCUT2D eigenvalue weighted by Crippen LogP contribution is 2.31. The molecule has 0 aliphatic carbocycles. The zero-order chi connectivity index (χ0) is 15.9. The highest BCUT2D eigenvalue weighted by Gasteiger charge is 2.12. The maximum absolute atomic E-state index is 11.4. The van der Waals surface area contributed by atoms with Crippen molar-refractivity contribution < 1.29 is 9.53 Å². The molecule has 0 amide bonds. The fraction of sp³-hybridized carbons (Fsp3) is 0.278. The molecule has 116 valence electrons. The second-order valence-corrected chi connectivity index (χ2v) is 5.85. The third-order valence-electron chi connectivity index (χ3n) is 3.36. The smallest absolute Gasteiger partial charge is 0.305 e. The van der Waals surface area contributed by atoms with Crippen LogP contribution in [-0.4, -0.2) is 12.6 Å². The number of ether oxygens (including phenoxy) is 1. The van der Waals surface area contributed by atoms with Gasteiger partial charge in [0.25, 0.3) is 0 Å². The minimum absolute atomic E-state index is 0.204. The first-order chi connectivity index (χ1) is 10.6. The van der Waals surface area contributed by atoms with Crippen LogP contribution in [0.2, 0.25) is 5.02 Å². The predicted octanol–water partition coefficient (Wildman–Crippen LogP) is 5.63. The maximum atomic E-state index is 11.4. The van der Waals surface area contributed by atoms with Crippen LogP contribution >= 0.6 is 23.2 Å². The van der Waals surface area contributed by atoms with Crippen molar-refractivity contribution in [2.24, 2.45) is 0 Å². The zero-order valence-electron chi connectivity index (χ0n) is 12.4. The highest BCUT2D eigenvalue weighted by atomic mass is 35.5. The second kappa shape index (κ2) is 8.21. The van der Waals surface area contributed by atoms with Gasteiger partial charge in [0, 0.05) is 17.0 Å². The summed E-state index contributed by atoms with van der Waals surface area (Å²) in [5.41, 5.74) is 3.03. The lowest BCUT2D eigenvalue weighted by atomic mass is 10.0. The molecule has 1 unspecified atom stereocenters. The molecule has 0 saturated carbocycles. The third-order valence-corrected chi connectivity index (χ3v) is 4.16. The van der Waals surface area contributed by atoms with Gasteiger partial charge in [0.2, 0.25) is 0 Å². The predicted molar refractivity (Wildman–Crippen MR) is 91.3 cm³/mol. The number of esters is 1. The van der Waals surface area contributed by atoms with Crippen LogP contribution in [0.25, 0.3) is 11.1 Å². The first kappa shape index (κ1) is 16.9. The van der Waals surface area contributed by atoms with Crippen molar-refractivity contribution in [3.05, 3.63) is 59.1 Å². The van der Waals surface area contributed by atoms with Gasteiger partial charge in [-0.15, -0.1) is 11.6 Å². The molecule has 0 aromatic heterocycles. The molecule has 2 aromatic rings. The Balaban J connectivity index is 2.02. The van der Waals surface area contributed by atoms with Gasteiger partial charge in [-0.2, -0.15) is 0 Å². The molecular weight excluding hydrogens is 319 g/mol. The number of rotatable bonds is 6. The number of benzene rings is 2. The van der Waals surface area contributed by atoms with Crippen LogP contribution in [0.5, 0.6) is 0 Å². The van der Waals surface area contributed by atoms with Crippen LogP contribution in [0, 0.1) is 0 Å². The van der Waals surface area contributed by atoms with Gasteiger partial charge in [0.1, 0.15) is 0 Å². The summed E-state index contributed by atoms with van der Waals surface area (Å²) in [7, 11) is 0. The highest BCUT2D eigenvalue weighted by molar-refractivity contribution is 6.33. The molecule has 0 spiro atoms. The molecule has 2 rings (SSSR count). The number of carbonyl (C=O) groups is 1. The number of halogens is 2. The van der Waals surface area contributed by atoms with E-state index < -0.39 is 0 Å². The van der Waals surface area contributed by atoms with E-state index in [2.05, 4.69) is 0 Å². The molecule has 0 aliphatic heterocycles. The summed E-state index contributed by atoms with van der Waals surface area (Å²) in [4.78, 5) is 11.4. The number of hydrogen-bond acceptors (Lipinski definition) is 2. The molecule has 0 radical (unpaired) electrons.